The Morgan fingerprint density at radius 3 is 2.56 bits per heavy atom. The molecule has 1 rings (SSSR count). The molecule has 1 atom stereocenters. The zero-order valence-corrected chi connectivity index (χ0v) is 10.9. The normalized spacial score (nSPS) is 13.1. The van der Waals surface area contributed by atoms with Crippen molar-refractivity contribution in [1.29, 1.82) is 0 Å². The molecule has 100 valence electrons. The van der Waals surface area contributed by atoms with E-state index in [-0.39, 0.29) is 6.61 Å². The Bertz CT molecular complexity index is 379. The first-order chi connectivity index (χ1) is 8.45. The number of aliphatic hydroxyl groups is 1. The van der Waals surface area contributed by atoms with Gasteiger partial charge in [-0.25, -0.2) is 0 Å². The second-order valence-electron chi connectivity index (χ2n) is 4.52. The quantitative estimate of drug-likeness (QED) is 0.511. The van der Waals surface area contributed by atoms with E-state index >= 15 is 0 Å². The van der Waals surface area contributed by atoms with Gasteiger partial charge < -0.3 is 9.84 Å². The van der Waals surface area contributed by atoms with Crippen LogP contribution in [-0.4, -0.2) is 30.0 Å². The van der Waals surface area contributed by atoms with Crippen LogP contribution >= 0.6 is 0 Å². The molecule has 0 aliphatic rings. The summed E-state index contributed by atoms with van der Waals surface area (Å²) >= 11 is 0. The summed E-state index contributed by atoms with van der Waals surface area (Å²) in [6.07, 6.45) is -0.954. The fourth-order valence-corrected chi connectivity index (χ4v) is 1.38. The first-order valence-corrected chi connectivity index (χ1v) is 5.80. The Morgan fingerprint density at radius 1 is 1.39 bits per heavy atom. The summed E-state index contributed by atoms with van der Waals surface area (Å²) in [5.41, 5.74) is -0.0344. The van der Waals surface area contributed by atoms with Gasteiger partial charge in [-0.15, -0.1) is 0 Å². The third-order valence-electron chi connectivity index (χ3n) is 2.49. The third-order valence-corrected chi connectivity index (χ3v) is 2.49. The number of hydrogen-bond acceptors (Lipinski definition) is 5. The highest BCUT2D eigenvalue weighted by atomic mass is 16.5. The molecule has 0 aliphatic carbocycles. The minimum atomic E-state index is -0.961. The molecular weight excluding hydrogens is 232 g/mol. The summed E-state index contributed by atoms with van der Waals surface area (Å²) in [7, 11) is 1.59. The molecule has 0 saturated carbocycles. The molecule has 0 fully saturated rings. The van der Waals surface area contributed by atoms with Gasteiger partial charge in [0.15, 0.2) is 6.35 Å². The number of nitrogens with one attached hydrogen (secondary N) is 2. The molecule has 18 heavy (non-hydrogen) atoms. The Labute approximate surface area is 107 Å². The lowest BCUT2D eigenvalue weighted by molar-refractivity contribution is -0.153. The molecule has 3 N–H and O–H groups in total. The maximum atomic E-state index is 11.9. The zero-order chi connectivity index (χ0) is 13.6. The summed E-state index contributed by atoms with van der Waals surface area (Å²) in [6, 6.07) is 9.45. The standard InChI is InChI=1S/C13H20N2O3/c1-13(2,15-12(17)14-3)11(16)18-9-10-7-5-4-6-8-10/h4-8,12,14-15,17H,9H2,1-3H3. The van der Waals surface area contributed by atoms with Crippen molar-refractivity contribution < 1.29 is 14.6 Å². The van der Waals surface area contributed by atoms with Crippen molar-refractivity contribution in [2.75, 3.05) is 7.05 Å². The Hall–Kier alpha value is -1.43. The summed E-state index contributed by atoms with van der Waals surface area (Å²) in [6.45, 7) is 3.53. The van der Waals surface area contributed by atoms with Crippen LogP contribution in [0.3, 0.4) is 0 Å². The van der Waals surface area contributed by atoms with Gasteiger partial charge in [0.25, 0.3) is 0 Å². The van der Waals surface area contributed by atoms with Crippen molar-refractivity contribution in [1.82, 2.24) is 10.6 Å². The maximum absolute atomic E-state index is 11.9. The molecule has 1 aromatic carbocycles. The molecule has 5 nitrogen and oxygen atoms in total. The smallest absolute Gasteiger partial charge is 0.326 e. The fraction of sp³-hybridized carbons (Fsp3) is 0.462. The fourth-order valence-electron chi connectivity index (χ4n) is 1.38. The molecule has 1 aromatic rings. The molecule has 5 heteroatoms. The number of benzene rings is 1. The minimum Gasteiger partial charge on any atom is -0.459 e. The van der Waals surface area contributed by atoms with E-state index in [2.05, 4.69) is 10.6 Å². The molecule has 0 amide bonds. The van der Waals surface area contributed by atoms with Gasteiger partial charge in [0.2, 0.25) is 0 Å². The number of carbonyl (C=O) groups excluding carboxylic acids is 1. The van der Waals surface area contributed by atoms with E-state index in [1.165, 1.54) is 0 Å². The van der Waals surface area contributed by atoms with Gasteiger partial charge in [-0.2, -0.15) is 0 Å². The monoisotopic (exact) mass is 252 g/mol. The van der Waals surface area contributed by atoms with Crippen LogP contribution in [0.4, 0.5) is 0 Å². The highest BCUT2D eigenvalue weighted by Crippen LogP contribution is 2.08. The van der Waals surface area contributed by atoms with Crippen LogP contribution in [0.2, 0.25) is 0 Å². The minimum absolute atomic E-state index is 0.223. The molecule has 0 bridgehead atoms. The van der Waals surface area contributed by atoms with Gasteiger partial charge in [-0.3, -0.25) is 15.4 Å². The lowest BCUT2D eigenvalue weighted by Crippen LogP contribution is -2.56. The summed E-state index contributed by atoms with van der Waals surface area (Å²) in [5.74, 6) is -0.416. The first kappa shape index (κ1) is 14.6. The highest BCUT2D eigenvalue weighted by molar-refractivity contribution is 5.79. The van der Waals surface area contributed by atoms with Gasteiger partial charge in [0.05, 0.1) is 0 Å². The number of esters is 1. The topological polar surface area (TPSA) is 70.6 Å². The van der Waals surface area contributed by atoms with Gasteiger partial charge in [-0.05, 0) is 26.5 Å². The Kier molecular flexibility index (Phi) is 5.27. The van der Waals surface area contributed by atoms with E-state index < -0.39 is 17.9 Å². The first-order valence-electron chi connectivity index (χ1n) is 5.80. The van der Waals surface area contributed by atoms with E-state index in [1.807, 2.05) is 30.3 Å². The number of ether oxygens (including phenoxy) is 1. The molecule has 0 aromatic heterocycles. The lowest BCUT2D eigenvalue weighted by Gasteiger charge is -2.27. The molecule has 0 radical (unpaired) electrons. The average Bonchev–Trinajstić information content (AvgIpc) is 2.36. The van der Waals surface area contributed by atoms with Crippen molar-refractivity contribution in [3.63, 3.8) is 0 Å². The predicted octanol–water partition coefficient (Wildman–Crippen LogP) is 0.593. The zero-order valence-electron chi connectivity index (χ0n) is 10.9. The third kappa shape index (κ3) is 4.44. The van der Waals surface area contributed by atoms with Gasteiger partial charge in [-0.1, -0.05) is 30.3 Å². The Balaban J connectivity index is 2.49. The van der Waals surface area contributed by atoms with Crippen molar-refractivity contribution in [3.05, 3.63) is 35.9 Å². The molecule has 0 saturated heterocycles. The number of rotatable bonds is 6. The predicted molar refractivity (Wildman–Crippen MR) is 68.5 cm³/mol. The van der Waals surface area contributed by atoms with Crippen LogP contribution < -0.4 is 10.6 Å². The van der Waals surface area contributed by atoms with Crippen molar-refractivity contribution in [3.8, 4) is 0 Å². The van der Waals surface area contributed by atoms with Gasteiger partial charge in [0, 0.05) is 0 Å². The van der Waals surface area contributed by atoms with Crippen LogP contribution in [0.1, 0.15) is 19.4 Å². The number of carbonyl (C=O) groups is 1. The lowest BCUT2D eigenvalue weighted by atomic mass is 10.1. The van der Waals surface area contributed by atoms with Crippen LogP contribution in [0.5, 0.6) is 0 Å². The maximum Gasteiger partial charge on any atom is 0.326 e. The van der Waals surface area contributed by atoms with Gasteiger partial charge >= 0.3 is 5.97 Å². The van der Waals surface area contributed by atoms with Crippen LogP contribution in [0.15, 0.2) is 30.3 Å². The average molecular weight is 252 g/mol. The molecule has 0 aliphatic heterocycles. The second kappa shape index (κ2) is 6.49. The van der Waals surface area contributed by atoms with Crippen LogP contribution in [-0.2, 0) is 16.1 Å². The summed E-state index contributed by atoms with van der Waals surface area (Å²) in [4.78, 5) is 11.9. The summed E-state index contributed by atoms with van der Waals surface area (Å²) < 4.78 is 5.20. The SMILES string of the molecule is CNC(O)NC(C)(C)C(=O)OCc1ccccc1. The van der Waals surface area contributed by atoms with E-state index in [9.17, 15) is 9.90 Å². The van der Waals surface area contributed by atoms with Crippen LogP contribution in [0.25, 0.3) is 0 Å². The largest absolute Gasteiger partial charge is 0.459 e. The highest BCUT2D eigenvalue weighted by Gasteiger charge is 2.30. The summed E-state index contributed by atoms with van der Waals surface area (Å²) in [5, 5.41) is 14.7. The van der Waals surface area contributed by atoms with Crippen molar-refractivity contribution in [2.45, 2.75) is 32.3 Å². The number of hydrogen-bond donors (Lipinski definition) is 3. The Morgan fingerprint density at radius 2 is 2.00 bits per heavy atom. The van der Waals surface area contributed by atoms with E-state index in [1.54, 1.807) is 20.9 Å². The number of aliphatic hydroxyl groups excluding tert-OH is 1. The van der Waals surface area contributed by atoms with E-state index in [4.69, 9.17) is 4.74 Å². The molecule has 0 heterocycles. The van der Waals surface area contributed by atoms with E-state index in [0.29, 0.717) is 0 Å². The van der Waals surface area contributed by atoms with Crippen molar-refractivity contribution in [2.24, 2.45) is 0 Å². The second-order valence-corrected chi connectivity index (χ2v) is 4.52. The van der Waals surface area contributed by atoms with Crippen LogP contribution in [0, 0.1) is 0 Å². The van der Waals surface area contributed by atoms with Gasteiger partial charge in [0.1, 0.15) is 12.1 Å². The van der Waals surface area contributed by atoms with Crippen molar-refractivity contribution >= 4 is 5.97 Å². The van der Waals surface area contributed by atoms with E-state index in [0.717, 1.165) is 5.56 Å². The molecular formula is C13H20N2O3. The molecule has 1 unspecified atom stereocenters. The molecule has 0 spiro atoms.